The number of carbonyl (C=O) groups excluding carboxylic acids is 2. The Kier molecular flexibility index (Phi) is 3.62. The fourth-order valence-corrected chi connectivity index (χ4v) is 1.97. The fraction of sp³-hybridized carbons (Fsp3) is 0.385. The molecule has 0 spiro atoms. The Labute approximate surface area is 105 Å². The van der Waals surface area contributed by atoms with E-state index in [0.29, 0.717) is 19.3 Å². The summed E-state index contributed by atoms with van der Waals surface area (Å²) in [5.74, 6) is -0.0577. The van der Waals surface area contributed by atoms with Crippen molar-refractivity contribution in [3.8, 4) is 0 Å². The van der Waals surface area contributed by atoms with E-state index in [2.05, 4.69) is 5.32 Å². The maximum absolute atomic E-state index is 11.8. The highest BCUT2D eigenvalue weighted by atomic mass is 16.3. The molecule has 0 atom stereocenters. The highest BCUT2D eigenvalue weighted by Crippen LogP contribution is 2.27. The first kappa shape index (κ1) is 12.6. The summed E-state index contributed by atoms with van der Waals surface area (Å²) in [5.41, 5.74) is 2.51. The largest absolute Gasteiger partial charge is 0.396 e. The Morgan fingerprint density at radius 2 is 2.28 bits per heavy atom. The lowest BCUT2D eigenvalue weighted by atomic mass is 10.1. The van der Waals surface area contributed by atoms with Crippen LogP contribution in [0.25, 0.3) is 0 Å². The van der Waals surface area contributed by atoms with E-state index in [1.54, 1.807) is 18.0 Å². The zero-order valence-corrected chi connectivity index (χ0v) is 10.3. The number of aliphatic hydroxyl groups is 1. The van der Waals surface area contributed by atoms with Crippen molar-refractivity contribution in [2.24, 2.45) is 0 Å². The smallest absolute Gasteiger partial charge is 0.228 e. The van der Waals surface area contributed by atoms with E-state index >= 15 is 0 Å². The molecule has 1 heterocycles. The van der Waals surface area contributed by atoms with Gasteiger partial charge in [-0.25, -0.2) is 0 Å². The lowest BCUT2D eigenvalue weighted by Gasteiger charge is -2.18. The molecule has 0 aliphatic carbocycles. The van der Waals surface area contributed by atoms with Crippen LogP contribution in [0.15, 0.2) is 18.2 Å². The van der Waals surface area contributed by atoms with Crippen LogP contribution in [-0.4, -0.2) is 30.6 Å². The molecule has 5 heteroatoms. The van der Waals surface area contributed by atoms with Crippen molar-refractivity contribution in [1.82, 2.24) is 0 Å². The van der Waals surface area contributed by atoms with Gasteiger partial charge in [0, 0.05) is 31.5 Å². The SMILES string of the molecule is CN(C(=O)CCCO)c1ccc2c(c1)CC(=O)N2. The van der Waals surface area contributed by atoms with E-state index in [4.69, 9.17) is 5.11 Å². The van der Waals surface area contributed by atoms with Gasteiger partial charge >= 0.3 is 0 Å². The third kappa shape index (κ3) is 2.51. The molecule has 2 amide bonds. The molecule has 0 unspecified atom stereocenters. The van der Waals surface area contributed by atoms with Crippen LogP contribution in [0.2, 0.25) is 0 Å². The van der Waals surface area contributed by atoms with Crippen LogP contribution in [-0.2, 0) is 16.0 Å². The minimum Gasteiger partial charge on any atom is -0.396 e. The predicted molar refractivity (Wildman–Crippen MR) is 68.5 cm³/mol. The van der Waals surface area contributed by atoms with E-state index < -0.39 is 0 Å². The molecule has 2 N–H and O–H groups in total. The molecule has 1 aliphatic heterocycles. The summed E-state index contributed by atoms with van der Waals surface area (Å²) < 4.78 is 0. The Bertz CT molecular complexity index is 485. The maximum Gasteiger partial charge on any atom is 0.228 e. The molecule has 96 valence electrons. The number of aliphatic hydroxyl groups excluding tert-OH is 1. The molecule has 0 fully saturated rings. The second-order valence-electron chi connectivity index (χ2n) is 4.35. The van der Waals surface area contributed by atoms with Crippen LogP contribution >= 0.6 is 0 Å². The van der Waals surface area contributed by atoms with E-state index in [1.807, 2.05) is 12.1 Å². The first-order valence-corrected chi connectivity index (χ1v) is 5.92. The minimum atomic E-state index is -0.0405. The first-order chi connectivity index (χ1) is 8.61. The Morgan fingerprint density at radius 1 is 1.50 bits per heavy atom. The molecule has 0 aromatic heterocycles. The molecule has 0 radical (unpaired) electrons. The quantitative estimate of drug-likeness (QED) is 0.832. The average Bonchev–Trinajstić information content (AvgIpc) is 2.73. The van der Waals surface area contributed by atoms with E-state index in [9.17, 15) is 9.59 Å². The Hall–Kier alpha value is -1.88. The average molecular weight is 248 g/mol. The number of rotatable bonds is 4. The Morgan fingerprint density at radius 3 is 3.00 bits per heavy atom. The minimum absolute atomic E-state index is 0.0161. The van der Waals surface area contributed by atoms with Crippen molar-refractivity contribution in [2.45, 2.75) is 19.3 Å². The molecule has 18 heavy (non-hydrogen) atoms. The molecule has 1 aromatic carbocycles. The molecule has 0 saturated carbocycles. The summed E-state index contributed by atoms with van der Waals surface area (Å²) in [7, 11) is 1.70. The summed E-state index contributed by atoms with van der Waals surface area (Å²) in [6.07, 6.45) is 1.15. The molecule has 2 rings (SSSR count). The zero-order valence-electron chi connectivity index (χ0n) is 10.3. The number of benzene rings is 1. The van der Waals surface area contributed by atoms with Gasteiger partial charge in [-0.15, -0.1) is 0 Å². The predicted octanol–water partition coefficient (Wildman–Crippen LogP) is 0.916. The van der Waals surface area contributed by atoms with Crippen LogP contribution in [0.4, 0.5) is 11.4 Å². The van der Waals surface area contributed by atoms with Crippen molar-refractivity contribution < 1.29 is 14.7 Å². The molecular formula is C13H16N2O3. The molecule has 0 bridgehead atoms. The second-order valence-corrected chi connectivity index (χ2v) is 4.35. The van der Waals surface area contributed by atoms with Gasteiger partial charge in [-0.2, -0.15) is 0 Å². The van der Waals surface area contributed by atoms with Crippen molar-refractivity contribution in [3.05, 3.63) is 23.8 Å². The van der Waals surface area contributed by atoms with Gasteiger partial charge < -0.3 is 15.3 Å². The highest BCUT2D eigenvalue weighted by Gasteiger charge is 2.19. The topological polar surface area (TPSA) is 69.6 Å². The monoisotopic (exact) mass is 248 g/mol. The molecular weight excluding hydrogens is 232 g/mol. The van der Waals surface area contributed by atoms with Gasteiger partial charge in [0.05, 0.1) is 6.42 Å². The molecule has 0 saturated heterocycles. The molecule has 1 aliphatic rings. The summed E-state index contributed by atoms with van der Waals surface area (Å²) >= 11 is 0. The van der Waals surface area contributed by atoms with Crippen LogP contribution in [0.3, 0.4) is 0 Å². The van der Waals surface area contributed by atoms with Crippen LogP contribution in [0.5, 0.6) is 0 Å². The zero-order chi connectivity index (χ0) is 13.1. The number of nitrogens with one attached hydrogen (secondary N) is 1. The van der Waals surface area contributed by atoms with E-state index in [1.165, 1.54) is 0 Å². The number of carbonyl (C=O) groups is 2. The summed E-state index contributed by atoms with van der Waals surface area (Å²) in [4.78, 5) is 24.6. The number of amides is 2. The molecule has 5 nitrogen and oxygen atoms in total. The van der Waals surface area contributed by atoms with Crippen molar-refractivity contribution in [1.29, 1.82) is 0 Å². The maximum atomic E-state index is 11.8. The second kappa shape index (κ2) is 5.18. The first-order valence-electron chi connectivity index (χ1n) is 5.92. The Balaban J connectivity index is 2.12. The van der Waals surface area contributed by atoms with Crippen LogP contribution in [0, 0.1) is 0 Å². The summed E-state index contributed by atoms with van der Waals surface area (Å²) in [5, 5.41) is 11.5. The van der Waals surface area contributed by atoms with E-state index in [0.717, 1.165) is 16.9 Å². The number of hydrogen-bond acceptors (Lipinski definition) is 3. The van der Waals surface area contributed by atoms with Crippen molar-refractivity contribution >= 4 is 23.2 Å². The number of hydrogen-bond donors (Lipinski definition) is 2. The summed E-state index contributed by atoms with van der Waals surface area (Å²) in [6, 6.07) is 5.47. The third-order valence-electron chi connectivity index (χ3n) is 3.02. The van der Waals surface area contributed by atoms with Gasteiger partial charge in [0.2, 0.25) is 11.8 Å². The van der Waals surface area contributed by atoms with E-state index in [-0.39, 0.29) is 18.4 Å². The normalized spacial score (nSPS) is 13.1. The van der Waals surface area contributed by atoms with Gasteiger partial charge in [0.15, 0.2) is 0 Å². The van der Waals surface area contributed by atoms with Gasteiger partial charge in [-0.05, 0) is 30.2 Å². The summed E-state index contributed by atoms with van der Waals surface area (Å²) in [6.45, 7) is 0.0161. The fourth-order valence-electron chi connectivity index (χ4n) is 1.97. The van der Waals surface area contributed by atoms with Crippen LogP contribution in [0.1, 0.15) is 18.4 Å². The van der Waals surface area contributed by atoms with Gasteiger partial charge in [-0.1, -0.05) is 0 Å². The number of nitrogens with zero attached hydrogens (tertiary/aromatic N) is 1. The highest BCUT2D eigenvalue weighted by molar-refractivity contribution is 6.00. The lowest BCUT2D eigenvalue weighted by Crippen LogP contribution is -2.26. The lowest BCUT2D eigenvalue weighted by molar-refractivity contribution is -0.118. The van der Waals surface area contributed by atoms with Gasteiger partial charge in [0.1, 0.15) is 0 Å². The van der Waals surface area contributed by atoms with Gasteiger partial charge in [0.25, 0.3) is 0 Å². The number of fused-ring (bicyclic) bond motifs is 1. The van der Waals surface area contributed by atoms with Crippen LogP contribution < -0.4 is 10.2 Å². The third-order valence-corrected chi connectivity index (χ3v) is 3.02. The number of anilines is 2. The standard InChI is InChI=1S/C13H16N2O3/c1-15(13(18)3-2-6-16)10-4-5-11-9(7-10)8-12(17)14-11/h4-5,7,16H,2-3,6,8H2,1H3,(H,14,17). The van der Waals surface area contributed by atoms with Crippen molar-refractivity contribution in [2.75, 3.05) is 23.9 Å². The molecule has 1 aromatic rings. The van der Waals surface area contributed by atoms with Crippen molar-refractivity contribution in [3.63, 3.8) is 0 Å². The van der Waals surface area contributed by atoms with Gasteiger partial charge in [-0.3, -0.25) is 9.59 Å².